The number of likely N-dealkylation sites (N-methyl/N-ethyl adjacent to an activating group) is 1. The van der Waals surface area contributed by atoms with Crippen LogP contribution in [0.15, 0.2) is 48.1 Å². The number of amides is 1. The zero-order valence-electron chi connectivity index (χ0n) is 13.3. The quantitative estimate of drug-likeness (QED) is 0.763. The number of aromatic nitrogens is 2. The lowest BCUT2D eigenvalue weighted by Crippen LogP contribution is -2.41. The molecule has 1 fully saturated rings. The van der Waals surface area contributed by atoms with Gasteiger partial charge in [0.15, 0.2) is 4.96 Å². The third-order valence-corrected chi connectivity index (χ3v) is 5.11. The molecule has 1 amide bonds. The molecule has 0 saturated carbocycles. The Bertz CT molecular complexity index is 814. The largest absolute Gasteiger partial charge is 0.339 e. The summed E-state index contributed by atoms with van der Waals surface area (Å²) in [5.41, 5.74) is 8.37. The first-order valence-electron chi connectivity index (χ1n) is 7.94. The highest BCUT2D eigenvalue weighted by Crippen LogP contribution is 2.22. The van der Waals surface area contributed by atoms with Crippen molar-refractivity contribution in [2.45, 2.75) is 18.5 Å². The van der Waals surface area contributed by atoms with Gasteiger partial charge in [-0.2, -0.15) is 0 Å². The molecule has 1 aliphatic heterocycles. The van der Waals surface area contributed by atoms with Gasteiger partial charge in [0, 0.05) is 43.4 Å². The van der Waals surface area contributed by atoms with E-state index in [-0.39, 0.29) is 18.0 Å². The molecular formula is C17H19N5OS. The summed E-state index contributed by atoms with van der Waals surface area (Å²) in [5.74, 6) is -0.0455. The third-order valence-electron chi connectivity index (χ3n) is 4.34. The Balaban J connectivity index is 1.38. The van der Waals surface area contributed by atoms with Gasteiger partial charge in [-0.25, -0.2) is 10.4 Å². The van der Waals surface area contributed by atoms with Crippen LogP contribution >= 0.6 is 11.3 Å². The van der Waals surface area contributed by atoms with E-state index in [1.807, 2.05) is 41.2 Å². The average molecular weight is 341 g/mol. The van der Waals surface area contributed by atoms with Gasteiger partial charge in [0.05, 0.1) is 0 Å². The second kappa shape index (κ2) is 6.35. The van der Waals surface area contributed by atoms with Crippen molar-refractivity contribution in [3.05, 3.63) is 59.4 Å². The number of hydrogen-bond donors (Lipinski definition) is 2. The molecule has 2 aromatic heterocycles. The maximum atomic E-state index is 12.6. The Labute approximate surface area is 144 Å². The molecular weight excluding hydrogens is 322 g/mol. The van der Waals surface area contributed by atoms with Crippen LogP contribution in [-0.2, 0) is 0 Å². The predicted octanol–water partition coefficient (Wildman–Crippen LogP) is 2.08. The van der Waals surface area contributed by atoms with Crippen molar-refractivity contribution in [2.24, 2.45) is 0 Å². The molecule has 0 bridgehead atoms. The number of hydrazine groups is 1. The Hall–Kier alpha value is -2.22. The van der Waals surface area contributed by atoms with Crippen molar-refractivity contribution in [3.63, 3.8) is 0 Å². The van der Waals surface area contributed by atoms with Gasteiger partial charge in [-0.15, -0.1) is 11.3 Å². The van der Waals surface area contributed by atoms with Gasteiger partial charge in [0.2, 0.25) is 0 Å². The highest BCUT2D eigenvalue weighted by Gasteiger charge is 2.27. The number of rotatable bonds is 4. The van der Waals surface area contributed by atoms with E-state index in [0.717, 1.165) is 11.4 Å². The van der Waals surface area contributed by atoms with E-state index in [4.69, 9.17) is 0 Å². The standard InChI is InChI=1S/C17H19N5OS/c1-21(16(23)15-11-22-7-8-24-17(22)18-15)10-13-9-14(20-19-13)12-5-3-2-4-6-12/h2-8,11,13-14,19-20H,9-10H2,1H3. The molecule has 0 radical (unpaired) electrons. The van der Waals surface area contributed by atoms with Gasteiger partial charge in [-0.1, -0.05) is 30.3 Å². The molecule has 2 atom stereocenters. The first-order valence-corrected chi connectivity index (χ1v) is 8.82. The maximum Gasteiger partial charge on any atom is 0.273 e. The predicted molar refractivity (Wildman–Crippen MR) is 93.9 cm³/mol. The van der Waals surface area contributed by atoms with E-state index in [1.165, 1.54) is 16.9 Å². The summed E-state index contributed by atoms with van der Waals surface area (Å²) >= 11 is 1.53. The Kier molecular flexibility index (Phi) is 4.05. The summed E-state index contributed by atoms with van der Waals surface area (Å²) in [5, 5.41) is 1.96. The minimum Gasteiger partial charge on any atom is -0.339 e. The summed E-state index contributed by atoms with van der Waals surface area (Å²) < 4.78 is 1.88. The Morgan fingerprint density at radius 3 is 3.00 bits per heavy atom. The second-order valence-corrected chi connectivity index (χ2v) is 6.96. The van der Waals surface area contributed by atoms with E-state index >= 15 is 0 Å². The average Bonchev–Trinajstić information content (AvgIpc) is 3.30. The molecule has 3 aromatic rings. The number of nitrogens with one attached hydrogen (secondary N) is 2. The number of fused-ring (bicyclic) bond motifs is 1. The number of carbonyl (C=O) groups excluding carboxylic acids is 1. The molecule has 6 nitrogen and oxygen atoms in total. The molecule has 1 aliphatic rings. The number of imidazole rings is 1. The van der Waals surface area contributed by atoms with Gasteiger partial charge in [-0.3, -0.25) is 14.6 Å². The summed E-state index contributed by atoms with van der Waals surface area (Å²) in [4.78, 5) is 19.5. The lowest BCUT2D eigenvalue weighted by molar-refractivity contribution is 0.0778. The number of carbonyl (C=O) groups is 1. The molecule has 24 heavy (non-hydrogen) atoms. The fraction of sp³-hybridized carbons (Fsp3) is 0.294. The third kappa shape index (κ3) is 2.93. The second-order valence-electron chi connectivity index (χ2n) is 6.09. The van der Waals surface area contributed by atoms with Crippen molar-refractivity contribution < 1.29 is 4.79 Å². The molecule has 4 rings (SSSR count). The van der Waals surface area contributed by atoms with Crippen LogP contribution in [0.2, 0.25) is 0 Å². The van der Waals surface area contributed by atoms with E-state index in [9.17, 15) is 4.79 Å². The van der Waals surface area contributed by atoms with Crippen molar-refractivity contribution in [1.29, 1.82) is 0 Å². The van der Waals surface area contributed by atoms with Crippen LogP contribution in [0.4, 0.5) is 0 Å². The molecule has 1 saturated heterocycles. The Morgan fingerprint density at radius 1 is 1.38 bits per heavy atom. The first kappa shape index (κ1) is 15.3. The van der Waals surface area contributed by atoms with Crippen LogP contribution in [-0.4, -0.2) is 39.8 Å². The summed E-state index contributed by atoms with van der Waals surface area (Å²) in [6, 6.07) is 10.8. The van der Waals surface area contributed by atoms with Crippen LogP contribution in [0, 0.1) is 0 Å². The van der Waals surface area contributed by atoms with E-state index in [0.29, 0.717) is 12.2 Å². The van der Waals surface area contributed by atoms with Gasteiger partial charge < -0.3 is 4.90 Å². The lowest BCUT2D eigenvalue weighted by Gasteiger charge is -2.20. The molecule has 0 spiro atoms. The Morgan fingerprint density at radius 2 is 2.21 bits per heavy atom. The molecule has 3 heterocycles. The van der Waals surface area contributed by atoms with Crippen molar-refractivity contribution in [3.8, 4) is 0 Å². The minimum absolute atomic E-state index is 0.0455. The van der Waals surface area contributed by atoms with Crippen molar-refractivity contribution in [2.75, 3.05) is 13.6 Å². The fourth-order valence-electron chi connectivity index (χ4n) is 3.09. The number of benzene rings is 1. The topological polar surface area (TPSA) is 61.7 Å². The van der Waals surface area contributed by atoms with Gasteiger partial charge in [0.1, 0.15) is 5.69 Å². The van der Waals surface area contributed by atoms with Crippen LogP contribution in [0.3, 0.4) is 0 Å². The highest BCUT2D eigenvalue weighted by atomic mass is 32.1. The van der Waals surface area contributed by atoms with Gasteiger partial charge in [0.25, 0.3) is 5.91 Å². The van der Waals surface area contributed by atoms with Gasteiger partial charge >= 0.3 is 0 Å². The van der Waals surface area contributed by atoms with E-state index < -0.39 is 0 Å². The molecule has 0 aliphatic carbocycles. The molecule has 2 N–H and O–H groups in total. The van der Waals surface area contributed by atoms with Crippen molar-refractivity contribution >= 4 is 22.2 Å². The fourth-order valence-corrected chi connectivity index (χ4v) is 3.79. The van der Waals surface area contributed by atoms with Crippen LogP contribution in [0.25, 0.3) is 4.96 Å². The molecule has 124 valence electrons. The minimum atomic E-state index is -0.0455. The van der Waals surface area contributed by atoms with Gasteiger partial charge in [-0.05, 0) is 12.0 Å². The summed E-state index contributed by atoms with van der Waals surface area (Å²) in [6.07, 6.45) is 4.65. The lowest BCUT2D eigenvalue weighted by atomic mass is 10.0. The molecule has 1 aromatic carbocycles. The number of nitrogens with zero attached hydrogens (tertiary/aromatic N) is 3. The van der Waals surface area contributed by atoms with E-state index in [1.54, 1.807) is 11.1 Å². The maximum absolute atomic E-state index is 12.6. The first-order chi connectivity index (χ1) is 11.7. The van der Waals surface area contributed by atoms with Crippen LogP contribution in [0.1, 0.15) is 28.5 Å². The zero-order chi connectivity index (χ0) is 16.5. The number of hydrogen-bond acceptors (Lipinski definition) is 5. The smallest absolute Gasteiger partial charge is 0.273 e. The van der Waals surface area contributed by atoms with Crippen LogP contribution in [0.5, 0.6) is 0 Å². The van der Waals surface area contributed by atoms with E-state index in [2.05, 4.69) is 28.0 Å². The van der Waals surface area contributed by atoms with Crippen molar-refractivity contribution in [1.82, 2.24) is 25.1 Å². The van der Waals surface area contributed by atoms with Crippen LogP contribution < -0.4 is 10.9 Å². The molecule has 2 unspecified atom stereocenters. The number of thiazole rings is 1. The zero-order valence-corrected chi connectivity index (χ0v) is 14.2. The summed E-state index contributed by atoms with van der Waals surface area (Å²) in [7, 11) is 1.83. The highest BCUT2D eigenvalue weighted by molar-refractivity contribution is 7.15. The summed E-state index contributed by atoms with van der Waals surface area (Å²) in [6.45, 7) is 0.639. The normalized spacial score (nSPS) is 20.5. The SMILES string of the molecule is CN(CC1CC(c2ccccc2)NN1)C(=O)c1cn2ccsc2n1. The molecule has 7 heteroatoms. The monoisotopic (exact) mass is 341 g/mol.